The van der Waals surface area contributed by atoms with Gasteiger partial charge < -0.3 is 35.4 Å². The van der Waals surface area contributed by atoms with Gasteiger partial charge in [-0.2, -0.15) is 0 Å². The van der Waals surface area contributed by atoms with Crippen LogP contribution in [-0.4, -0.2) is 67.6 Å². The van der Waals surface area contributed by atoms with Gasteiger partial charge in [0.1, 0.15) is 18.3 Å². The molecule has 78 valence electrons. The van der Waals surface area contributed by atoms with Gasteiger partial charge in [-0.1, -0.05) is 0 Å². The van der Waals surface area contributed by atoms with Crippen LogP contribution >= 0.6 is 0 Å². The molecule has 0 saturated carbocycles. The molecule has 7 heteroatoms. The summed E-state index contributed by atoms with van der Waals surface area (Å²) in [7, 11) is 0. The molecule has 4 atom stereocenters. The van der Waals surface area contributed by atoms with E-state index in [9.17, 15) is 5.11 Å². The summed E-state index contributed by atoms with van der Waals surface area (Å²) in [4.78, 5) is 0. The molecule has 7 nitrogen and oxygen atoms in total. The second-order valence-electron chi connectivity index (χ2n) is 2.94. The molecule has 13 heavy (non-hydrogen) atoms. The Bertz CT molecular complexity index is 184. The lowest BCUT2D eigenvalue weighted by molar-refractivity contribution is -0.384. The Labute approximate surface area is 73.4 Å². The zero-order chi connectivity index (χ0) is 10.2. The summed E-state index contributed by atoms with van der Waals surface area (Å²) in [5.74, 6) is -2.65. The summed E-state index contributed by atoms with van der Waals surface area (Å²) < 4.78 is 4.42. The van der Waals surface area contributed by atoms with Gasteiger partial charge >= 0.3 is 0 Å². The third-order valence-electron chi connectivity index (χ3n) is 2.00. The summed E-state index contributed by atoms with van der Waals surface area (Å²) in [6.45, 7) is -0.494. The number of ether oxygens (including phenoxy) is 1. The van der Waals surface area contributed by atoms with E-state index < -0.39 is 37.0 Å². The molecular formula is C6H12O7. The predicted octanol–water partition coefficient (Wildman–Crippen LogP) is -3.90. The second kappa shape index (κ2) is 3.46. The third kappa shape index (κ3) is 1.67. The van der Waals surface area contributed by atoms with Crippen LogP contribution in [0.15, 0.2) is 0 Å². The average molecular weight is 196 g/mol. The molecule has 6 N–H and O–H groups in total. The van der Waals surface area contributed by atoms with E-state index in [0.717, 1.165) is 0 Å². The minimum Gasteiger partial charge on any atom is -0.388 e. The van der Waals surface area contributed by atoms with Gasteiger partial charge in [0.05, 0.1) is 6.61 Å². The minimum atomic E-state index is -2.65. The Balaban J connectivity index is 2.79. The van der Waals surface area contributed by atoms with Crippen LogP contribution < -0.4 is 0 Å². The van der Waals surface area contributed by atoms with Crippen molar-refractivity contribution in [2.75, 3.05) is 6.61 Å². The van der Waals surface area contributed by atoms with E-state index in [1.165, 1.54) is 0 Å². The van der Waals surface area contributed by atoms with Crippen molar-refractivity contribution in [3.8, 4) is 0 Å². The van der Waals surface area contributed by atoms with Crippen molar-refractivity contribution in [1.82, 2.24) is 0 Å². The van der Waals surface area contributed by atoms with E-state index in [1.54, 1.807) is 0 Å². The zero-order valence-electron chi connectivity index (χ0n) is 6.61. The van der Waals surface area contributed by atoms with Crippen LogP contribution in [0.4, 0.5) is 0 Å². The van der Waals surface area contributed by atoms with E-state index in [0.29, 0.717) is 0 Å². The maximum absolute atomic E-state index is 9.26. The standard InChI is InChI=1S/C6H12O7/c7-2-1-13-6(12,5(10)11)4(9)3(2)8/h2-5,7-12H,1H2/t2-,3-,4+,6+/m1/s1. The lowest BCUT2D eigenvalue weighted by Gasteiger charge is -2.42. The molecule has 0 bridgehead atoms. The number of hydrogen-bond acceptors (Lipinski definition) is 7. The average Bonchev–Trinajstić information content (AvgIpc) is 2.08. The molecule has 1 aliphatic heterocycles. The molecule has 0 unspecified atom stereocenters. The van der Waals surface area contributed by atoms with Gasteiger partial charge in [-0.25, -0.2) is 0 Å². The Morgan fingerprint density at radius 2 is 1.77 bits per heavy atom. The molecule has 1 heterocycles. The first kappa shape index (κ1) is 10.8. The maximum atomic E-state index is 9.26. The molecule has 1 aliphatic rings. The molecule has 1 fully saturated rings. The normalized spacial score (nSPS) is 46.8. The summed E-state index contributed by atoms with van der Waals surface area (Å²) in [5, 5.41) is 53.7. The lowest BCUT2D eigenvalue weighted by atomic mass is 9.96. The summed E-state index contributed by atoms with van der Waals surface area (Å²) in [5.41, 5.74) is 0. The van der Waals surface area contributed by atoms with E-state index in [4.69, 9.17) is 25.5 Å². The van der Waals surface area contributed by atoms with Gasteiger partial charge in [0, 0.05) is 0 Å². The maximum Gasteiger partial charge on any atom is 0.247 e. The second-order valence-corrected chi connectivity index (χ2v) is 2.94. The molecule has 0 aliphatic carbocycles. The molecule has 1 saturated heterocycles. The summed E-state index contributed by atoms with van der Waals surface area (Å²) >= 11 is 0. The topological polar surface area (TPSA) is 131 Å². The summed E-state index contributed by atoms with van der Waals surface area (Å²) in [6.07, 6.45) is -7.38. The molecule has 0 aromatic carbocycles. The van der Waals surface area contributed by atoms with Crippen LogP contribution in [0.5, 0.6) is 0 Å². The van der Waals surface area contributed by atoms with Crippen molar-refractivity contribution < 1.29 is 35.4 Å². The van der Waals surface area contributed by atoms with Crippen molar-refractivity contribution in [1.29, 1.82) is 0 Å². The van der Waals surface area contributed by atoms with Gasteiger partial charge in [0.15, 0.2) is 0 Å². The first-order valence-electron chi connectivity index (χ1n) is 3.66. The monoisotopic (exact) mass is 196 g/mol. The molecule has 0 aromatic heterocycles. The van der Waals surface area contributed by atoms with Crippen LogP contribution in [0.25, 0.3) is 0 Å². The highest BCUT2D eigenvalue weighted by atomic mass is 16.7. The van der Waals surface area contributed by atoms with E-state index >= 15 is 0 Å². The first-order valence-corrected chi connectivity index (χ1v) is 3.66. The van der Waals surface area contributed by atoms with Crippen LogP contribution in [0.2, 0.25) is 0 Å². The van der Waals surface area contributed by atoms with Crippen LogP contribution in [-0.2, 0) is 4.74 Å². The fourth-order valence-corrected chi connectivity index (χ4v) is 1.09. The van der Waals surface area contributed by atoms with Gasteiger partial charge in [-0.15, -0.1) is 0 Å². The van der Waals surface area contributed by atoms with E-state index in [2.05, 4.69) is 4.74 Å². The Hall–Kier alpha value is -0.280. The molecular weight excluding hydrogens is 184 g/mol. The highest BCUT2D eigenvalue weighted by Gasteiger charge is 2.52. The Morgan fingerprint density at radius 3 is 2.23 bits per heavy atom. The third-order valence-corrected chi connectivity index (χ3v) is 2.00. The Morgan fingerprint density at radius 1 is 1.23 bits per heavy atom. The van der Waals surface area contributed by atoms with Crippen molar-refractivity contribution in [2.24, 2.45) is 0 Å². The predicted molar refractivity (Wildman–Crippen MR) is 37.1 cm³/mol. The number of aliphatic hydroxyl groups excluding tert-OH is 4. The van der Waals surface area contributed by atoms with Crippen LogP contribution in [0.1, 0.15) is 0 Å². The number of aliphatic hydroxyl groups is 6. The van der Waals surface area contributed by atoms with Crippen molar-refractivity contribution in [3.05, 3.63) is 0 Å². The highest BCUT2D eigenvalue weighted by Crippen LogP contribution is 2.25. The van der Waals surface area contributed by atoms with Gasteiger partial charge in [0.25, 0.3) is 0 Å². The van der Waals surface area contributed by atoms with E-state index in [-0.39, 0.29) is 0 Å². The molecule has 0 spiro atoms. The molecule has 0 radical (unpaired) electrons. The lowest BCUT2D eigenvalue weighted by Crippen LogP contribution is -2.65. The fourth-order valence-electron chi connectivity index (χ4n) is 1.09. The number of hydrogen-bond donors (Lipinski definition) is 6. The van der Waals surface area contributed by atoms with Crippen molar-refractivity contribution in [2.45, 2.75) is 30.4 Å². The minimum absolute atomic E-state index is 0.494. The van der Waals surface area contributed by atoms with Crippen LogP contribution in [0.3, 0.4) is 0 Å². The van der Waals surface area contributed by atoms with Gasteiger partial charge in [0.2, 0.25) is 12.1 Å². The molecule has 0 amide bonds. The fraction of sp³-hybridized carbons (Fsp3) is 1.00. The highest BCUT2D eigenvalue weighted by molar-refractivity contribution is 4.92. The van der Waals surface area contributed by atoms with Crippen LogP contribution in [0, 0.1) is 0 Å². The molecule has 0 aromatic rings. The summed E-state index contributed by atoms with van der Waals surface area (Å²) in [6, 6.07) is 0. The van der Waals surface area contributed by atoms with Gasteiger partial charge in [-0.05, 0) is 0 Å². The smallest absolute Gasteiger partial charge is 0.247 e. The quantitative estimate of drug-likeness (QED) is 0.236. The Kier molecular flexibility index (Phi) is 2.88. The largest absolute Gasteiger partial charge is 0.388 e. The number of rotatable bonds is 1. The molecule has 1 rings (SSSR count). The SMILES string of the molecule is OC(O)[C@@]1(O)OC[C@@H](O)[C@@H](O)[C@@H]1O. The van der Waals surface area contributed by atoms with Gasteiger partial charge in [-0.3, -0.25) is 0 Å². The van der Waals surface area contributed by atoms with Crippen molar-refractivity contribution >= 4 is 0 Å². The first-order chi connectivity index (χ1) is 5.89. The van der Waals surface area contributed by atoms with E-state index in [1.807, 2.05) is 0 Å². The zero-order valence-corrected chi connectivity index (χ0v) is 6.61. The van der Waals surface area contributed by atoms with Crippen molar-refractivity contribution in [3.63, 3.8) is 0 Å².